The fourth-order valence-electron chi connectivity index (χ4n) is 3.22. The van der Waals surface area contributed by atoms with Gasteiger partial charge in [0.15, 0.2) is 10.8 Å². The summed E-state index contributed by atoms with van der Waals surface area (Å²) in [7, 11) is 0. The monoisotopic (exact) mass is 471 g/mol. The summed E-state index contributed by atoms with van der Waals surface area (Å²) >= 11 is 2.64. The molecule has 0 aliphatic rings. The van der Waals surface area contributed by atoms with Crippen LogP contribution < -0.4 is 10.6 Å². The number of aromatic nitrogens is 1. The Bertz CT molecular complexity index is 1030. The average molecular weight is 472 g/mol. The van der Waals surface area contributed by atoms with Crippen LogP contribution >= 0.6 is 22.7 Å². The lowest BCUT2D eigenvalue weighted by atomic mass is 10.0. The van der Waals surface area contributed by atoms with Gasteiger partial charge in [-0.25, -0.2) is 9.78 Å². The number of carbonyl (C=O) groups is 2. The molecule has 1 amide bonds. The predicted molar refractivity (Wildman–Crippen MR) is 132 cm³/mol. The van der Waals surface area contributed by atoms with Gasteiger partial charge in [-0.3, -0.25) is 10.1 Å². The van der Waals surface area contributed by atoms with Crippen molar-refractivity contribution in [3.8, 4) is 0 Å². The number of hydrogen-bond acceptors (Lipinski definition) is 7. The number of hydrogen-bond donors (Lipinski definition) is 2. The zero-order valence-electron chi connectivity index (χ0n) is 18.5. The molecule has 0 radical (unpaired) electrons. The van der Waals surface area contributed by atoms with Crippen LogP contribution in [0.2, 0.25) is 0 Å². The second-order valence-corrected chi connectivity index (χ2v) is 9.33. The number of rotatable bonds is 12. The van der Waals surface area contributed by atoms with Crippen LogP contribution in [0.4, 0.5) is 10.8 Å². The minimum atomic E-state index is -0.487. The average Bonchev–Trinajstić information content (AvgIpc) is 3.46. The van der Waals surface area contributed by atoms with Crippen molar-refractivity contribution in [3.63, 3.8) is 0 Å². The van der Waals surface area contributed by atoms with E-state index in [1.165, 1.54) is 53.9 Å². The van der Waals surface area contributed by atoms with E-state index in [0.717, 1.165) is 17.0 Å². The Hall–Kier alpha value is -2.71. The number of thiophene rings is 1. The van der Waals surface area contributed by atoms with Crippen molar-refractivity contribution in [1.82, 2.24) is 4.98 Å². The minimum Gasteiger partial charge on any atom is -0.461 e. The number of esters is 1. The van der Waals surface area contributed by atoms with Gasteiger partial charge in [-0.05, 0) is 43.5 Å². The number of thiazole rings is 1. The highest BCUT2D eigenvalue weighted by molar-refractivity contribution is 7.15. The molecule has 0 bridgehead atoms. The molecule has 0 atom stereocenters. The van der Waals surface area contributed by atoms with Crippen molar-refractivity contribution in [2.75, 3.05) is 17.2 Å². The van der Waals surface area contributed by atoms with E-state index in [4.69, 9.17) is 4.74 Å². The first-order valence-corrected chi connectivity index (χ1v) is 12.6. The summed E-state index contributed by atoms with van der Waals surface area (Å²) in [5, 5.41) is 8.23. The Balaban J connectivity index is 1.54. The predicted octanol–water partition coefficient (Wildman–Crippen LogP) is 6.37. The maximum Gasteiger partial charge on any atom is 0.357 e. The second kappa shape index (κ2) is 12.4. The largest absolute Gasteiger partial charge is 0.461 e. The van der Waals surface area contributed by atoms with E-state index < -0.39 is 5.97 Å². The highest BCUT2D eigenvalue weighted by Gasteiger charge is 2.15. The number of ether oxygens (including phenoxy) is 1. The molecule has 3 rings (SSSR count). The highest BCUT2D eigenvalue weighted by Crippen LogP contribution is 2.23. The van der Waals surface area contributed by atoms with Crippen molar-refractivity contribution in [1.29, 1.82) is 0 Å². The first kappa shape index (κ1) is 23.9. The normalized spacial score (nSPS) is 10.7. The van der Waals surface area contributed by atoms with Gasteiger partial charge in [0.2, 0.25) is 0 Å². The molecule has 1 aromatic carbocycles. The Morgan fingerprint density at radius 3 is 2.72 bits per heavy atom. The van der Waals surface area contributed by atoms with E-state index in [1.807, 2.05) is 18.2 Å². The van der Waals surface area contributed by atoms with Gasteiger partial charge in [0.1, 0.15) is 0 Å². The molecule has 2 heterocycles. The van der Waals surface area contributed by atoms with Gasteiger partial charge in [0, 0.05) is 22.5 Å². The molecule has 170 valence electrons. The molecule has 32 heavy (non-hydrogen) atoms. The molecular formula is C24H29N3O3S2. The first-order chi connectivity index (χ1) is 15.6. The molecule has 0 saturated heterocycles. The second-order valence-electron chi connectivity index (χ2n) is 7.30. The Kier molecular flexibility index (Phi) is 9.25. The number of benzene rings is 1. The highest BCUT2D eigenvalue weighted by atomic mass is 32.1. The van der Waals surface area contributed by atoms with Gasteiger partial charge < -0.3 is 10.1 Å². The number of nitrogens with zero attached hydrogens (tertiary/aromatic N) is 1. The van der Waals surface area contributed by atoms with Crippen molar-refractivity contribution in [3.05, 3.63) is 62.8 Å². The van der Waals surface area contributed by atoms with Gasteiger partial charge >= 0.3 is 5.97 Å². The number of unbranched alkanes of at least 4 members (excludes halogenated alkanes) is 3. The maximum absolute atomic E-state index is 12.6. The summed E-state index contributed by atoms with van der Waals surface area (Å²) in [6.45, 7) is 4.91. The van der Waals surface area contributed by atoms with Crippen molar-refractivity contribution in [2.45, 2.75) is 52.5 Å². The molecule has 0 aliphatic carbocycles. The van der Waals surface area contributed by atoms with Crippen LogP contribution in [-0.2, 0) is 17.7 Å². The molecule has 0 spiro atoms. The zero-order chi connectivity index (χ0) is 22.8. The molecule has 3 aromatic rings. The third kappa shape index (κ3) is 6.90. The molecule has 2 N–H and O–H groups in total. The number of amides is 1. The van der Waals surface area contributed by atoms with Crippen molar-refractivity contribution >= 4 is 45.4 Å². The molecule has 2 aromatic heterocycles. The summed E-state index contributed by atoms with van der Waals surface area (Å²) in [5.41, 5.74) is 2.69. The number of anilines is 2. The summed E-state index contributed by atoms with van der Waals surface area (Å²) < 4.78 is 4.93. The van der Waals surface area contributed by atoms with E-state index in [2.05, 4.69) is 40.7 Å². The summed E-state index contributed by atoms with van der Waals surface area (Å²) in [6.07, 6.45) is 6.05. The molecule has 0 fully saturated rings. The van der Waals surface area contributed by atoms with Crippen LogP contribution in [-0.4, -0.2) is 23.5 Å². The fourth-order valence-corrected chi connectivity index (χ4v) is 4.74. The van der Waals surface area contributed by atoms with Crippen LogP contribution in [0.5, 0.6) is 0 Å². The van der Waals surface area contributed by atoms with E-state index in [9.17, 15) is 9.59 Å². The Morgan fingerprint density at radius 2 is 1.91 bits per heavy atom. The van der Waals surface area contributed by atoms with Crippen molar-refractivity contribution < 1.29 is 14.3 Å². The first-order valence-electron chi connectivity index (χ1n) is 10.9. The van der Waals surface area contributed by atoms with Crippen LogP contribution in [0.25, 0.3) is 0 Å². The molecule has 0 aliphatic heterocycles. The molecule has 8 heteroatoms. The lowest BCUT2D eigenvalue weighted by Crippen LogP contribution is -2.11. The number of aryl methyl sites for hydroxylation is 1. The molecular weight excluding hydrogens is 442 g/mol. The van der Waals surface area contributed by atoms with Gasteiger partial charge in [-0.1, -0.05) is 44.4 Å². The van der Waals surface area contributed by atoms with Crippen LogP contribution in [0.3, 0.4) is 0 Å². The smallest absolute Gasteiger partial charge is 0.357 e. The Labute approximate surface area is 197 Å². The van der Waals surface area contributed by atoms with Crippen LogP contribution in [0, 0.1) is 0 Å². The maximum atomic E-state index is 12.6. The quantitative estimate of drug-likeness (QED) is 0.237. The third-order valence-electron chi connectivity index (χ3n) is 4.86. The summed E-state index contributed by atoms with van der Waals surface area (Å²) in [5.74, 6) is -0.721. The van der Waals surface area contributed by atoms with E-state index >= 15 is 0 Å². The molecule has 0 unspecified atom stereocenters. The van der Waals surface area contributed by atoms with Crippen molar-refractivity contribution in [2.24, 2.45) is 0 Å². The van der Waals surface area contributed by atoms with Gasteiger partial charge in [-0.15, -0.1) is 22.7 Å². The number of para-hydroxylation sites is 1. The minimum absolute atomic E-state index is 0.205. The Morgan fingerprint density at radius 1 is 1.06 bits per heavy atom. The van der Waals surface area contributed by atoms with E-state index in [1.54, 1.807) is 12.3 Å². The summed E-state index contributed by atoms with van der Waals surface area (Å²) in [4.78, 5) is 30.1. The summed E-state index contributed by atoms with van der Waals surface area (Å²) in [6, 6.07) is 12.2. The topological polar surface area (TPSA) is 80.3 Å². The third-order valence-corrected chi connectivity index (χ3v) is 6.71. The van der Waals surface area contributed by atoms with Gasteiger partial charge in [-0.2, -0.15) is 0 Å². The SMILES string of the molecule is CCCCCCc1ccccc1NCc1ccc(C(=O)Nc2nc(C(=O)OCC)cs2)s1. The van der Waals surface area contributed by atoms with Crippen LogP contribution in [0.1, 0.15) is 70.1 Å². The van der Waals surface area contributed by atoms with E-state index in [0.29, 0.717) is 16.6 Å². The molecule has 0 saturated carbocycles. The fraction of sp³-hybridized carbons (Fsp3) is 0.375. The lowest BCUT2D eigenvalue weighted by Gasteiger charge is -2.11. The standard InChI is InChI=1S/C24H29N3O3S2/c1-3-5-6-7-10-17-11-8-9-12-19(17)25-15-18-13-14-21(32-18)22(28)27-24-26-20(16-31-24)23(29)30-4-2/h8-9,11-14,16,25H,3-7,10,15H2,1-2H3,(H,26,27,28). The number of nitrogens with one attached hydrogen (secondary N) is 2. The van der Waals surface area contributed by atoms with Crippen LogP contribution in [0.15, 0.2) is 41.8 Å². The van der Waals surface area contributed by atoms with E-state index in [-0.39, 0.29) is 18.2 Å². The zero-order valence-corrected chi connectivity index (χ0v) is 20.1. The van der Waals surface area contributed by atoms with Gasteiger partial charge in [0.05, 0.1) is 11.5 Å². The lowest BCUT2D eigenvalue weighted by molar-refractivity contribution is 0.0520. The number of carbonyl (C=O) groups excluding carboxylic acids is 2. The molecule has 6 nitrogen and oxygen atoms in total. The van der Waals surface area contributed by atoms with Gasteiger partial charge in [0.25, 0.3) is 5.91 Å².